The van der Waals surface area contributed by atoms with Gasteiger partial charge in [0.15, 0.2) is 5.75 Å². The molecule has 0 saturated heterocycles. The molecule has 0 spiro atoms. The summed E-state index contributed by atoms with van der Waals surface area (Å²) in [6.45, 7) is 2.01. The SMILES string of the molecule is Cc1cc(Br)cc([N+](=O)[O-])c1OCCCCCS(=O)(=O)Cl. The van der Waals surface area contributed by atoms with Crippen LogP contribution in [0.3, 0.4) is 0 Å². The largest absolute Gasteiger partial charge is 0.487 e. The van der Waals surface area contributed by atoms with Gasteiger partial charge >= 0.3 is 5.69 Å². The summed E-state index contributed by atoms with van der Waals surface area (Å²) in [5.41, 5.74) is 0.574. The Morgan fingerprint density at radius 2 is 2.00 bits per heavy atom. The van der Waals surface area contributed by atoms with E-state index in [1.54, 1.807) is 13.0 Å². The Morgan fingerprint density at radius 1 is 1.33 bits per heavy atom. The van der Waals surface area contributed by atoms with Gasteiger partial charge in [-0.05, 0) is 37.8 Å². The minimum absolute atomic E-state index is 0.0774. The molecule has 0 N–H and O–H groups in total. The van der Waals surface area contributed by atoms with Crippen LogP contribution in [0.5, 0.6) is 5.75 Å². The molecule has 0 fully saturated rings. The van der Waals surface area contributed by atoms with Crippen molar-refractivity contribution < 1.29 is 18.1 Å². The average molecular weight is 401 g/mol. The second-order valence-corrected chi connectivity index (χ2v) is 8.29. The van der Waals surface area contributed by atoms with Gasteiger partial charge in [-0.3, -0.25) is 10.1 Å². The van der Waals surface area contributed by atoms with Gasteiger partial charge in [-0.1, -0.05) is 15.9 Å². The van der Waals surface area contributed by atoms with E-state index in [2.05, 4.69) is 15.9 Å². The van der Waals surface area contributed by atoms with Crippen LogP contribution < -0.4 is 4.74 Å². The predicted octanol–water partition coefficient (Wildman–Crippen LogP) is 3.78. The van der Waals surface area contributed by atoms with Crippen molar-refractivity contribution in [3.05, 3.63) is 32.3 Å². The Balaban J connectivity index is 2.54. The molecule has 0 radical (unpaired) electrons. The molecule has 9 heteroatoms. The van der Waals surface area contributed by atoms with Crippen LogP contribution in [-0.4, -0.2) is 25.7 Å². The summed E-state index contributed by atoms with van der Waals surface area (Å²) in [4.78, 5) is 10.5. The van der Waals surface area contributed by atoms with Crippen LogP contribution in [0.1, 0.15) is 24.8 Å². The highest BCUT2D eigenvalue weighted by Gasteiger charge is 2.18. The molecule has 0 aliphatic rings. The standard InChI is InChI=1S/C12H15BrClNO5S/c1-9-7-10(13)8-11(15(16)17)12(9)20-5-3-2-4-6-21(14,18)19/h7-8H,2-6H2,1H3. The number of unbranched alkanes of at least 4 members (excludes halogenated alkanes) is 2. The van der Waals surface area contributed by atoms with Gasteiger partial charge in [-0.25, -0.2) is 8.42 Å². The highest BCUT2D eigenvalue weighted by atomic mass is 79.9. The number of hydrogen-bond acceptors (Lipinski definition) is 5. The Hall–Kier alpha value is -0.860. The van der Waals surface area contributed by atoms with Crippen molar-refractivity contribution in [3.8, 4) is 5.75 Å². The fourth-order valence-electron chi connectivity index (χ4n) is 1.76. The van der Waals surface area contributed by atoms with Gasteiger partial charge in [-0.2, -0.15) is 0 Å². The highest BCUT2D eigenvalue weighted by molar-refractivity contribution is 9.10. The number of rotatable bonds is 8. The van der Waals surface area contributed by atoms with Crippen LogP contribution in [0.4, 0.5) is 5.69 Å². The number of ether oxygens (including phenoxy) is 1. The Labute approximate surface area is 136 Å². The van der Waals surface area contributed by atoms with Crippen LogP contribution >= 0.6 is 26.6 Å². The highest BCUT2D eigenvalue weighted by Crippen LogP contribution is 2.34. The summed E-state index contributed by atoms with van der Waals surface area (Å²) in [6.07, 6.45) is 1.66. The lowest BCUT2D eigenvalue weighted by Crippen LogP contribution is -2.04. The Bertz CT molecular complexity index is 620. The topological polar surface area (TPSA) is 86.5 Å². The van der Waals surface area contributed by atoms with Gasteiger partial charge in [0, 0.05) is 21.2 Å². The molecule has 6 nitrogen and oxygen atoms in total. The van der Waals surface area contributed by atoms with Crippen LogP contribution in [0.15, 0.2) is 16.6 Å². The number of nitro benzene ring substituents is 1. The summed E-state index contributed by atoms with van der Waals surface area (Å²) in [7, 11) is 1.64. The second-order valence-electron chi connectivity index (χ2n) is 4.48. The van der Waals surface area contributed by atoms with E-state index < -0.39 is 14.0 Å². The van der Waals surface area contributed by atoms with Gasteiger partial charge < -0.3 is 4.74 Å². The maximum absolute atomic E-state index is 11.0. The maximum Gasteiger partial charge on any atom is 0.312 e. The molecule has 21 heavy (non-hydrogen) atoms. The number of nitrogens with zero attached hydrogens (tertiary/aromatic N) is 1. The van der Waals surface area contributed by atoms with Crippen LogP contribution in [-0.2, 0) is 9.05 Å². The normalized spacial score (nSPS) is 11.4. The van der Waals surface area contributed by atoms with E-state index in [1.807, 2.05) is 0 Å². The number of nitro groups is 1. The Kier molecular flexibility index (Phi) is 6.89. The van der Waals surface area contributed by atoms with E-state index in [0.717, 1.165) is 0 Å². The van der Waals surface area contributed by atoms with Crippen LogP contribution in [0.25, 0.3) is 0 Å². The molecule has 0 aliphatic carbocycles. The van der Waals surface area contributed by atoms with E-state index in [4.69, 9.17) is 15.4 Å². The molecule has 1 rings (SSSR count). The lowest BCUT2D eigenvalue weighted by Gasteiger charge is -2.10. The average Bonchev–Trinajstić information content (AvgIpc) is 2.33. The summed E-state index contributed by atoms with van der Waals surface area (Å²) in [5, 5.41) is 11.0. The van der Waals surface area contributed by atoms with E-state index in [0.29, 0.717) is 29.3 Å². The zero-order valence-electron chi connectivity index (χ0n) is 11.3. The third kappa shape index (κ3) is 6.62. The molecule has 0 saturated carbocycles. The third-order valence-electron chi connectivity index (χ3n) is 2.70. The van der Waals surface area contributed by atoms with Crippen molar-refractivity contribution in [2.75, 3.05) is 12.4 Å². The quantitative estimate of drug-likeness (QED) is 0.287. The monoisotopic (exact) mass is 399 g/mol. The molecular formula is C12H15BrClNO5S. The Morgan fingerprint density at radius 3 is 2.57 bits per heavy atom. The zero-order chi connectivity index (χ0) is 16.0. The summed E-state index contributed by atoms with van der Waals surface area (Å²) in [6, 6.07) is 3.13. The van der Waals surface area contributed by atoms with E-state index in [9.17, 15) is 18.5 Å². The zero-order valence-corrected chi connectivity index (χ0v) is 14.5. The molecule has 0 aliphatic heterocycles. The molecule has 118 valence electrons. The van der Waals surface area contributed by atoms with Crippen LogP contribution in [0.2, 0.25) is 0 Å². The summed E-state index contributed by atoms with van der Waals surface area (Å²) < 4.78 is 27.6. The van der Waals surface area contributed by atoms with Gasteiger partial charge in [0.1, 0.15) is 0 Å². The summed E-state index contributed by atoms with van der Waals surface area (Å²) >= 11 is 3.21. The van der Waals surface area contributed by atoms with Crippen LogP contribution in [0, 0.1) is 17.0 Å². The van der Waals surface area contributed by atoms with Gasteiger partial charge in [0.05, 0.1) is 17.3 Å². The van der Waals surface area contributed by atoms with Crippen molar-refractivity contribution in [2.45, 2.75) is 26.2 Å². The molecule has 0 unspecified atom stereocenters. The third-order valence-corrected chi connectivity index (χ3v) is 4.39. The number of aryl methyl sites for hydroxylation is 1. The molecule has 1 aromatic rings. The lowest BCUT2D eigenvalue weighted by atomic mass is 10.2. The molecule has 1 aromatic carbocycles. The molecule has 0 atom stereocenters. The predicted molar refractivity (Wildman–Crippen MR) is 84.5 cm³/mol. The van der Waals surface area contributed by atoms with Crippen molar-refractivity contribution >= 4 is 41.4 Å². The van der Waals surface area contributed by atoms with E-state index in [1.165, 1.54) is 6.07 Å². The van der Waals surface area contributed by atoms with E-state index in [-0.39, 0.29) is 23.8 Å². The van der Waals surface area contributed by atoms with Gasteiger partial charge in [-0.15, -0.1) is 0 Å². The fraction of sp³-hybridized carbons (Fsp3) is 0.500. The molecule has 0 bridgehead atoms. The first-order chi connectivity index (χ1) is 9.70. The first kappa shape index (κ1) is 18.2. The molecular weight excluding hydrogens is 386 g/mol. The number of hydrogen-bond donors (Lipinski definition) is 0. The molecule has 0 aromatic heterocycles. The minimum Gasteiger partial charge on any atom is -0.487 e. The lowest BCUT2D eigenvalue weighted by molar-refractivity contribution is -0.386. The second kappa shape index (κ2) is 7.95. The number of halogens is 2. The van der Waals surface area contributed by atoms with E-state index >= 15 is 0 Å². The van der Waals surface area contributed by atoms with Crippen molar-refractivity contribution in [2.24, 2.45) is 0 Å². The molecule has 0 amide bonds. The summed E-state index contributed by atoms with van der Waals surface area (Å²) in [5.74, 6) is 0.166. The minimum atomic E-state index is -3.46. The number of benzene rings is 1. The van der Waals surface area contributed by atoms with Gasteiger partial charge in [0.2, 0.25) is 9.05 Å². The van der Waals surface area contributed by atoms with Crippen molar-refractivity contribution in [3.63, 3.8) is 0 Å². The first-order valence-electron chi connectivity index (χ1n) is 6.20. The molecule has 0 heterocycles. The maximum atomic E-state index is 11.0. The fourth-order valence-corrected chi connectivity index (χ4v) is 3.20. The first-order valence-corrected chi connectivity index (χ1v) is 9.47. The van der Waals surface area contributed by atoms with Crippen molar-refractivity contribution in [1.29, 1.82) is 0 Å². The smallest absolute Gasteiger partial charge is 0.312 e. The van der Waals surface area contributed by atoms with Crippen molar-refractivity contribution in [1.82, 2.24) is 0 Å². The van der Waals surface area contributed by atoms with Gasteiger partial charge in [0.25, 0.3) is 0 Å².